The van der Waals surface area contributed by atoms with E-state index in [4.69, 9.17) is 4.74 Å². The number of carboxylic acid groups (broad SMARTS) is 1. The molecule has 0 radical (unpaired) electrons. The SMILES string of the molecule is C.C.C=c1c2ccc(N(C)C)c3cccc(c(=O)n1C(C)(C)C)c32.C=c1c2ccc3c4cccc5cccc(c6ccc(c(=O)n1C(C)(C)C)c2c36)c54.C=c1ccc2c(c1)Oc1cc(O)ccc1C=2c1cc(C(C)(C)C)ccc1C(=O)O.CC(C)(C)c1ccc2c3cccc4cccc(c5cccc1c52)c43.CC(C)(C)c1ccc2ccc3cccc4ccc1c2c34. The maximum atomic E-state index is 13.5. The van der Waals surface area contributed by atoms with Crippen LogP contribution in [0.3, 0.4) is 0 Å². The molecule has 0 saturated carbocycles. The van der Waals surface area contributed by atoms with Gasteiger partial charge in [-0.1, -0.05) is 309 Å². The van der Waals surface area contributed by atoms with E-state index in [1.165, 1.54) is 124 Å². The van der Waals surface area contributed by atoms with Gasteiger partial charge < -0.3 is 29.0 Å². The number of rotatable bonds is 3. The minimum atomic E-state index is -0.991. The number of nitrogens with zero attached hydrogens (tertiary/aromatic N) is 3. The van der Waals surface area contributed by atoms with Gasteiger partial charge in [0.2, 0.25) is 0 Å². The molecule has 1 aliphatic rings. The lowest BCUT2D eigenvalue weighted by atomic mass is 9.80. The average molecular weight is 1660 g/mol. The predicted molar refractivity (Wildman–Crippen MR) is 543 cm³/mol. The second-order valence-electron chi connectivity index (χ2n) is 38.9. The second-order valence-corrected chi connectivity index (χ2v) is 38.9. The number of aromatic nitrogens is 2. The number of phenolic OH excluding ortho intramolecular Hbond substituents is 1. The summed E-state index contributed by atoms with van der Waals surface area (Å²) < 4.78 is 9.66. The van der Waals surface area contributed by atoms with Gasteiger partial charge in [-0.25, -0.2) is 4.79 Å². The summed E-state index contributed by atoms with van der Waals surface area (Å²) in [5.41, 5.74) is 6.97. The highest BCUT2D eigenvalue weighted by Crippen LogP contribution is 2.47. The number of carboxylic acids is 1. The minimum absolute atomic E-state index is 0. The molecule has 0 atom stereocenters. The molecule has 22 rings (SSSR count). The van der Waals surface area contributed by atoms with Crippen molar-refractivity contribution >= 4 is 188 Å². The van der Waals surface area contributed by atoms with Crippen LogP contribution in [0.2, 0.25) is 0 Å². The molecule has 0 bridgehead atoms. The highest BCUT2D eigenvalue weighted by molar-refractivity contribution is 6.37. The molecule has 0 amide bonds. The van der Waals surface area contributed by atoms with E-state index in [0.717, 1.165) is 81.2 Å². The fourth-order valence-electron chi connectivity index (χ4n) is 19.8. The average Bonchev–Trinajstić information content (AvgIpc) is 0.702. The number of fused-ring (bicyclic) bond motifs is 6. The van der Waals surface area contributed by atoms with Crippen LogP contribution < -0.4 is 41.9 Å². The van der Waals surface area contributed by atoms with E-state index in [2.05, 4.69) is 302 Å². The molecule has 0 unspecified atom stereocenters. The molecule has 3 heterocycles. The number of hydrogen-bond donors (Lipinski definition) is 2. The zero-order valence-electron chi connectivity index (χ0n) is 73.9. The van der Waals surface area contributed by atoms with Gasteiger partial charge in [-0.3, -0.25) is 9.59 Å². The van der Waals surface area contributed by atoms with Gasteiger partial charge in [0.1, 0.15) is 17.2 Å². The Morgan fingerprint density at radius 2 is 0.722 bits per heavy atom. The van der Waals surface area contributed by atoms with Gasteiger partial charge in [0.05, 0.1) is 5.56 Å². The first kappa shape index (κ1) is 85.7. The summed E-state index contributed by atoms with van der Waals surface area (Å²) in [6.07, 6.45) is 0. The number of phenols is 1. The molecule has 21 aromatic rings. The Bertz CT molecular complexity index is 8150. The van der Waals surface area contributed by atoms with Crippen molar-refractivity contribution < 1.29 is 19.7 Å². The molecular weight excluding hydrogens is 1540 g/mol. The van der Waals surface area contributed by atoms with E-state index in [-0.39, 0.29) is 64.6 Å². The third-order valence-electron chi connectivity index (χ3n) is 25.3. The molecule has 2 aromatic heterocycles. The first-order valence-corrected chi connectivity index (χ1v) is 42.8. The van der Waals surface area contributed by atoms with Crippen molar-refractivity contribution in [2.75, 3.05) is 19.0 Å². The van der Waals surface area contributed by atoms with E-state index in [1.54, 1.807) is 28.8 Å². The van der Waals surface area contributed by atoms with E-state index in [1.807, 2.05) is 88.0 Å². The smallest absolute Gasteiger partial charge is 0.336 e. The van der Waals surface area contributed by atoms with Crippen LogP contribution in [0.1, 0.15) is 157 Å². The molecule has 0 spiro atoms. The molecule has 2 N–H and O–H groups in total. The van der Waals surface area contributed by atoms with Crippen molar-refractivity contribution in [2.24, 2.45) is 0 Å². The summed E-state index contributed by atoms with van der Waals surface area (Å²) in [7, 11) is 4.04. The van der Waals surface area contributed by atoms with Crippen molar-refractivity contribution in [1.82, 2.24) is 9.13 Å². The zero-order chi connectivity index (χ0) is 87.6. The normalized spacial score (nSPS) is 12.5. The van der Waals surface area contributed by atoms with Gasteiger partial charge in [-0.05, 0) is 247 Å². The Morgan fingerprint density at radius 1 is 0.341 bits per heavy atom. The fourth-order valence-corrected chi connectivity index (χ4v) is 19.8. The summed E-state index contributed by atoms with van der Waals surface area (Å²) in [6.45, 7) is 44.8. The second kappa shape index (κ2) is 31.1. The summed E-state index contributed by atoms with van der Waals surface area (Å²) in [5.74, 6) is 0.160. The molecule has 126 heavy (non-hydrogen) atoms. The van der Waals surface area contributed by atoms with Gasteiger partial charge in [-0.15, -0.1) is 0 Å². The Labute approximate surface area is 736 Å². The summed E-state index contributed by atoms with van der Waals surface area (Å²) in [4.78, 5) is 40.6. The minimum Gasteiger partial charge on any atom is -0.508 e. The highest BCUT2D eigenvalue weighted by atomic mass is 16.5. The van der Waals surface area contributed by atoms with Gasteiger partial charge in [0.15, 0.2) is 0 Å². The van der Waals surface area contributed by atoms with Crippen LogP contribution in [0.25, 0.3) is 176 Å². The third kappa shape index (κ3) is 14.2. The topological polar surface area (TPSA) is 114 Å². The lowest BCUT2D eigenvalue weighted by Crippen LogP contribution is -2.43. The van der Waals surface area contributed by atoms with E-state index < -0.39 is 5.97 Å². The van der Waals surface area contributed by atoms with Crippen LogP contribution in [-0.2, 0) is 27.3 Å². The van der Waals surface area contributed by atoms with Gasteiger partial charge in [-0.2, -0.15) is 0 Å². The molecule has 0 saturated heterocycles. The first-order valence-electron chi connectivity index (χ1n) is 42.8. The number of ether oxygens (including phenoxy) is 1. The van der Waals surface area contributed by atoms with Gasteiger partial charge in [0, 0.05) is 102 Å². The van der Waals surface area contributed by atoms with E-state index >= 15 is 0 Å². The quantitative estimate of drug-likeness (QED) is 0.134. The number of aromatic carboxylic acids is 1. The van der Waals surface area contributed by atoms with E-state index in [0.29, 0.717) is 17.1 Å². The van der Waals surface area contributed by atoms with Crippen molar-refractivity contribution in [1.29, 1.82) is 0 Å². The van der Waals surface area contributed by atoms with Crippen LogP contribution >= 0.6 is 0 Å². The molecule has 1 aliphatic heterocycles. The van der Waals surface area contributed by atoms with Crippen LogP contribution in [0.4, 0.5) is 5.69 Å². The molecule has 0 fully saturated rings. The largest absolute Gasteiger partial charge is 0.508 e. The summed E-state index contributed by atoms with van der Waals surface area (Å²) in [5, 5.41) is 57.7. The zero-order valence-corrected chi connectivity index (χ0v) is 73.9. The highest BCUT2D eigenvalue weighted by Gasteiger charge is 2.30. The summed E-state index contributed by atoms with van der Waals surface area (Å²) >= 11 is 0. The number of hydrogen-bond acceptors (Lipinski definition) is 6. The molecule has 9 nitrogen and oxygen atoms in total. The van der Waals surface area contributed by atoms with Crippen molar-refractivity contribution in [3.05, 3.63) is 342 Å². The van der Waals surface area contributed by atoms with Crippen LogP contribution in [0, 0.1) is 0 Å². The summed E-state index contributed by atoms with van der Waals surface area (Å²) in [6, 6.07) is 92.5. The van der Waals surface area contributed by atoms with Crippen LogP contribution in [0.15, 0.2) is 277 Å². The Hall–Kier alpha value is -13.9. The van der Waals surface area contributed by atoms with Crippen molar-refractivity contribution in [3.8, 4) is 17.2 Å². The monoisotopic (exact) mass is 1650 g/mol. The molecule has 19 aromatic carbocycles. The fraction of sp³-hybridized carbons (Fsp3) is 0.205. The number of benzene rings is 19. The lowest BCUT2D eigenvalue weighted by Gasteiger charge is -2.25. The number of carbonyl (C=O) groups is 1. The van der Waals surface area contributed by atoms with Gasteiger partial charge in [0.25, 0.3) is 11.1 Å². The third-order valence-corrected chi connectivity index (χ3v) is 25.3. The standard InChI is InChI=1S/C27H21NO.C25H22O4.C24H20.C20H18.C19H22N2O.2CH4/c1-15-17-11-12-20-18-9-5-7-16-8-6-10-19(23(16)18)21-13-14-22(24(17)25(20)21)26(29)28(15)27(2,3)4;1-14-5-8-18-21(11-14)29-22-13-16(26)7-10-19(22)23(18)20-12-15(25(2,3)4)6-9-17(20)24(27)28;1-24(2,3)21-14-13-19-17-10-5-8-15-7-4-9-16(22(15)17)18-11-6-12-20(21)23(18)19;1-20(2,3)17-12-10-15-8-7-13-5-4-6-14-9-11-16(17)19(15)18(13)14;1-12-13-10-11-16(20(5)6)14-8-7-9-15(17(13)14)18(22)21(12)19(2,3)4;;/h5-14H,1H2,2-4H3;5-13,26H,1H2,2-4H3,(H,27,28);4-14H,1-3H3;4-12H,1-3H3;7-11H,1H2,2-6H3;2*1H4. The number of pyridine rings is 2. The molecule has 0 aliphatic carbocycles. The number of aromatic hydroxyl groups is 1. The van der Waals surface area contributed by atoms with Crippen molar-refractivity contribution in [2.45, 2.75) is 146 Å². The Morgan fingerprint density at radius 3 is 1.25 bits per heavy atom. The maximum absolute atomic E-state index is 13.5. The van der Waals surface area contributed by atoms with Gasteiger partial charge >= 0.3 is 5.97 Å². The lowest BCUT2D eigenvalue weighted by molar-refractivity contribution is 0.0696. The Balaban J connectivity index is 0.000000116. The van der Waals surface area contributed by atoms with E-state index in [9.17, 15) is 24.6 Å². The number of anilines is 1. The van der Waals surface area contributed by atoms with Crippen LogP contribution in [0.5, 0.6) is 17.2 Å². The maximum Gasteiger partial charge on any atom is 0.336 e. The molecule has 630 valence electrons. The van der Waals surface area contributed by atoms with Crippen LogP contribution in [-0.4, -0.2) is 39.4 Å². The molecular formula is C117H111N3O6. The van der Waals surface area contributed by atoms with Crippen molar-refractivity contribution in [3.63, 3.8) is 0 Å². The predicted octanol–water partition coefficient (Wildman–Crippen LogP) is 27.4. The first-order chi connectivity index (χ1) is 58.9. The molecule has 9 heteroatoms. The Kier molecular flexibility index (Phi) is 21.1.